The van der Waals surface area contributed by atoms with Crippen molar-refractivity contribution < 1.29 is 14.2 Å². The lowest BCUT2D eigenvalue weighted by Crippen LogP contribution is -2.53. The molecule has 0 radical (unpaired) electrons. The standard InChI is InChI=1S/C25H50O3S2/c1-17(2)26-24-21(9)22(13-12-16-30-20(7)8)25(27-18(3)4)28-23(24)14-10-11-15-29-19(5)6/h17-25H,10-16H2,1-9H3/t21?,22?,23?,24-,25-/m0/s1. The summed E-state index contributed by atoms with van der Waals surface area (Å²) in [6.07, 6.45) is 6.46. The van der Waals surface area contributed by atoms with Crippen LogP contribution in [-0.4, -0.2) is 52.7 Å². The number of hydrogen-bond donors (Lipinski definition) is 0. The molecular weight excluding hydrogens is 412 g/mol. The van der Waals surface area contributed by atoms with E-state index in [1.54, 1.807) is 0 Å². The summed E-state index contributed by atoms with van der Waals surface area (Å²) in [5.41, 5.74) is 0. The summed E-state index contributed by atoms with van der Waals surface area (Å²) in [4.78, 5) is 0. The van der Waals surface area contributed by atoms with E-state index in [-0.39, 0.29) is 30.7 Å². The summed E-state index contributed by atoms with van der Waals surface area (Å²) < 4.78 is 19.4. The molecule has 5 atom stereocenters. The van der Waals surface area contributed by atoms with Crippen LogP contribution in [0.15, 0.2) is 0 Å². The predicted molar refractivity (Wildman–Crippen MR) is 136 cm³/mol. The Labute approximate surface area is 196 Å². The molecule has 0 aromatic heterocycles. The van der Waals surface area contributed by atoms with Crippen molar-refractivity contribution in [2.24, 2.45) is 11.8 Å². The average Bonchev–Trinajstić information content (AvgIpc) is 2.62. The summed E-state index contributed by atoms with van der Waals surface area (Å²) in [6, 6.07) is 0. The van der Waals surface area contributed by atoms with Gasteiger partial charge in [-0.15, -0.1) is 0 Å². The third-order valence-corrected chi connectivity index (χ3v) is 7.90. The van der Waals surface area contributed by atoms with Crippen molar-refractivity contribution in [2.75, 3.05) is 11.5 Å². The number of hydrogen-bond acceptors (Lipinski definition) is 5. The lowest BCUT2D eigenvalue weighted by atomic mass is 9.79. The third kappa shape index (κ3) is 11.4. The van der Waals surface area contributed by atoms with E-state index in [4.69, 9.17) is 14.2 Å². The van der Waals surface area contributed by atoms with Gasteiger partial charge in [0.15, 0.2) is 6.29 Å². The minimum absolute atomic E-state index is 0.105. The molecule has 1 heterocycles. The molecular formula is C25H50O3S2. The Morgan fingerprint density at radius 1 is 0.733 bits per heavy atom. The van der Waals surface area contributed by atoms with Gasteiger partial charge in [-0.2, -0.15) is 23.5 Å². The van der Waals surface area contributed by atoms with E-state index in [9.17, 15) is 0 Å². The minimum Gasteiger partial charge on any atom is -0.373 e. The monoisotopic (exact) mass is 462 g/mol. The van der Waals surface area contributed by atoms with Gasteiger partial charge in [-0.25, -0.2) is 0 Å². The van der Waals surface area contributed by atoms with Crippen LogP contribution in [0, 0.1) is 11.8 Å². The molecule has 3 nitrogen and oxygen atoms in total. The highest BCUT2D eigenvalue weighted by atomic mass is 32.2. The van der Waals surface area contributed by atoms with E-state index in [0.29, 0.717) is 22.3 Å². The number of thioether (sulfide) groups is 2. The molecule has 0 N–H and O–H groups in total. The van der Waals surface area contributed by atoms with Gasteiger partial charge in [-0.1, -0.05) is 34.6 Å². The van der Waals surface area contributed by atoms with Crippen LogP contribution in [0.5, 0.6) is 0 Å². The smallest absolute Gasteiger partial charge is 0.161 e. The van der Waals surface area contributed by atoms with Crippen LogP contribution in [0.25, 0.3) is 0 Å². The molecule has 1 fully saturated rings. The average molecular weight is 463 g/mol. The highest BCUT2D eigenvalue weighted by molar-refractivity contribution is 8.00. The normalized spacial score (nSPS) is 27.7. The van der Waals surface area contributed by atoms with Crippen LogP contribution < -0.4 is 0 Å². The summed E-state index contributed by atoms with van der Waals surface area (Å²) >= 11 is 4.10. The molecule has 0 spiro atoms. The quantitative estimate of drug-likeness (QED) is 0.236. The van der Waals surface area contributed by atoms with Crippen molar-refractivity contribution >= 4 is 23.5 Å². The lowest BCUT2D eigenvalue weighted by Gasteiger charge is -2.47. The van der Waals surface area contributed by atoms with Crippen LogP contribution >= 0.6 is 23.5 Å². The maximum absolute atomic E-state index is 6.64. The molecule has 5 heteroatoms. The zero-order chi connectivity index (χ0) is 22.7. The fraction of sp³-hybridized carbons (Fsp3) is 1.00. The Morgan fingerprint density at radius 2 is 1.30 bits per heavy atom. The van der Waals surface area contributed by atoms with Crippen LogP contribution in [-0.2, 0) is 14.2 Å². The van der Waals surface area contributed by atoms with Crippen molar-refractivity contribution in [2.45, 2.75) is 136 Å². The van der Waals surface area contributed by atoms with E-state index >= 15 is 0 Å². The summed E-state index contributed by atoms with van der Waals surface area (Å²) in [5, 5.41) is 1.41. The minimum atomic E-state index is -0.105. The molecule has 3 unspecified atom stereocenters. The molecule has 0 aliphatic carbocycles. The van der Waals surface area contributed by atoms with Gasteiger partial charge >= 0.3 is 0 Å². The topological polar surface area (TPSA) is 27.7 Å². The van der Waals surface area contributed by atoms with Crippen LogP contribution in [0.1, 0.15) is 94.4 Å². The Balaban J connectivity index is 2.77. The van der Waals surface area contributed by atoms with Crippen molar-refractivity contribution in [1.82, 2.24) is 0 Å². The molecule has 180 valence electrons. The summed E-state index contributed by atoms with van der Waals surface area (Å²) in [7, 11) is 0. The first-order chi connectivity index (χ1) is 14.1. The van der Waals surface area contributed by atoms with Crippen molar-refractivity contribution in [3.8, 4) is 0 Å². The number of rotatable bonds is 15. The first-order valence-corrected chi connectivity index (χ1v) is 14.4. The van der Waals surface area contributed by atoms with Gasteiger partial charge in [0, 0.05) is 5.92 Å². The van der Waals surface area contributed by atoms with Gasteiger partial charge < -0.3 is 14.2 Å². The molecule has 0 aromatic carbocycles. The second-order valence-electron chi connectivity index (χ2n) is 9.88. The van der Waals surface area contributed by atoms with E-state index in [0.717, 1.165) is 12.8 Å². The lowest BCUT2D eigenvalue weighted by molar-refractivity contribution is -0.288. The second-order valence-corrected chi connectivity index (χ2v) is 13.2. The van der Waals surface area contributed by atoms with Gasteiger partial charge in [0.2, 0.25) is 0 Å². The fourth-order valence-electron chi connectivity index (χ4n) is 4.14. The SMILES string of the molecule is CC(C)O[C@H]1OC(CCCCSC(C)C)[C@@H](OC(C)C)C(C)C1CCCSC(C)C. The summed E-state index contributed by atoms with van der Waals surface area (Å²) in [6.45, 7) is 20.0. The first kappa shape index (κ1) is 28.6. The second kappa shape index (κ2) is 15.4. The van der Waals surface area contributed by atoms with Crippen molar-refractivity contribution in [1.29, 1.82) is 0 Å². The number of unbranched alkanes of at least 4 members (excludes halogenated alkanes) is 1. The van der Waals surface area contributed by atoms with E-state index in [1.807, 2.05) is 0 Å². The van der Waals surface area contributed by atoms with E-state index in [2.05, 4.69) is 85.8 Å². The zero-order valence-electron chi connectivity index (χ0n) is 21.2. The van der Waals surface area contributed by atoms with Gasteiger partial charge in [0.1, 0.15) is 0 Å². The maximum atomic E-state index is 6.64. The molecule has 0 amide bonds. The van der Waals surface area contributed by atoms with Crippen LogP contribution in [0.3, 0.4) is 0 Å². The Kier molecular flexibility index (Phi) is 14.7. The van der Waals surface area contributed by atoms with Gasteiger partial charge in [0.05, 0.1) is 24.4 Å². The maximum Gasteiger partial charge on any atom is 0.161 e. The van der Waals surface area contributed by atoms with Crippen molar-refractivity contribution in [3.63, 3.8) is 0 Å². The molecule has 1 saturated heterocycles. The molecule has 0 saturated carbocycles. The molecule has 1 rings (SSSR count). The van der Waals surface area contributed by atoms with Crippen molar-refractivity contribution in [3.05, 3.63) is 0 Å². The fourth-order valence-corrected chi connectivity index (χ4v) is 5.79. The summed E-state index contributed by atoms with van der Waals surface area (Å²) in [5.74, 6) is 3.29. The molecule has 0 bridgehead atoms. The predicted octanol–water partition coefficient (Wildman–Crippen LogP) is 7.42. The Hall–Kier alpha value is 0.580. The van der Waals surface area contributed by atoms with Gasteiger partial charge in [0.25, 0.3) is 0 Å². The highest BCUT2D eigenvalue weighted by Crippen LogP contribution is 2.39. The van der Waals surface area contributed by atoms with E-state index < -0.39 is 0 Å². The molecule has 1 aliphatic rings. The van der Waals surface area contributed by atoms with E-state index in [1.165, 1.54) is 30.8 Å². The van der Waals surface area contributed by atoms with Gasteiger partial charge in [-0.3, -0.25) is 0 Å². The number of ether oxygens (including phenoxy) is 3. The largest absolute Gasteiger partial charge is 0.373 e. The Morgan fingerprint density at radius 3 is 1.83 bits per heavy atom. The molecule has 30 heavy (non-hydrogen) atoms. The Bertz CT molecular complexity index is 427. The zero-order valence-corrected chi connectivity index (χ0v) is 22.8. The molecule has 0 aromatic rings. The highest BCUT2D eigenvalue weighted by Gasteiger charge is 2.44. The molecule has 1 aliphatic heterocycles. The third-order valence-electron chi connectivity index (χ3n) is 5.52. The van der Waals surface area contributed by atoms with Crippen LogP contribution in [0.4, 0.5) is 0 Å². The van der Waals surface area contributed by atoms with Crippen LogP contribution in [0.2, 0.25) is 0 Å². The van der Waals surface area contributed by atoms with Gasteiger partial charge in [-0.05, 0) is 87.7 Å². The first-order valence-electron chi connectivity index (χ1n) is 12.3.